The third-order valence-corrected chi connectivity index (χ3v) is 5.20. The van der Waals surface area contributed by atoms with Crippen LogP contribution in [0.1, 0.15) is 116 Å². The number of carbonyl (C=O) groups is 4. The van der Waals surface area contributed by atoms with Gasteiger partial charge in [-0.2, -0.15) is 0 Å². The van der Waals surface area contributed by atoms with E-state index in [0.717, 1.165) is 77.0 Å². The second-order valence-corrected chi connectivity index (χ2v) is 8.07. The highest BCUT2D eigenvalue weighted by Gasteiger charge is 2.20. The smallest absolute Gasteiger partial charge is 0.326 e. The number of amides is 1. The zero-order chi connectivity index (χ0) is 22.6. The molecule has 1 atom stereocenters. The number of hydrogen-bond acceptors (Lipinski definition) is 4. The summed E-state index contributed by atoms with van der Waals surface area (Å²) in [6.45, 7) is 2.00. The Morgan fingerprint density at radius 2 is 1.17 bits per heavy atom. The van der Waals surface area contributed by atoms with Crippen molar-refractivity contribution in [1.29, 1.82) is 0 Å². The number of carboxylic acid groups (broad SMARTS) is 2. The topological polar surface area (TPSA) is 121 Å². The van der Waals surface area contributed by atoms with Crippen molar-refractivity contribution in [2.24, 2.45) is 0 Å². The molecule has 0 aromatic rings. The van der Waals surface area contributed by atoms with Crippen LogP contribution in [0.25, 0.3) is 0 Å². The van der Waals surface area contributed by atoms with Crippen molar-refractivity contribution < 1.29 is 29.4 Å². The minimum atomic E-state index is -1.09. The van der Waals surface area contributed by atoms with Gasteiger partial charge in [0, 0.05) is 25.7 Å². The Morgan fingerprint density at radius 3 is 1.63 bits per heavy atom. The molecule has 0 unspecified atom stereocenters. The number of Topliss-reactive ketones (excluding diaryl/α,β-unsaturated/α-hetero) is 1. The molecule has 0 saturated heterocycles. The number of carbonyl (C=O) groups excluding carboxylic acids is 2. The second kappa shape index (κ2) is 19.1. The fourth-order valence-corrected chi connectivity index (χ4v) is 3.30. The molecule has 1 amide bonds. The van der Waals surface area contributed by atoms with Crippen LogP contribution in [0, 0.1) is 0 Å². The van der Waals surface area contributed by atoms with Crippen LogP contribution in [-0.4, -0.2) is 39.9 Å². The van der Waals surface area contributed by atoms with Crippen LogP contribution in [0.15, 0.2) is 0 Å². The molecule has 0 aliphatic rings. The van der Waals surface area contributed by atoms with Crippen LogP contribution in [0.2, 0.25) is 0 Å². The molecule has 30 heavy (non-hydrogen) atoms. The Morgan fingerprint density at radius 1 is 0.667 bits per heavy atom. The van der Waals surface area contributed by atoms with Crippen molar-refractivity contribution in [3.05, 3.63) is 0 Å². The Kier molecular flexibility index (Phi) is 17.8. The minimum Gasteiger partial charge on any atom is -0.481 e. The molecule has 174 valence electrons. The lowest BCUT2D eigenvalue weighted by Crippen LogP contribution is -2.41. The molecule has 0 bridgehead atoms. The van der Waals surface area contributed by atoms with E-state index in [9.17, 15) is 24.3 Å². The van der Waals surface area contributed by atoms with Gasteiger partial charge in [0.15, 0.2) is 0 Å². The van der Waals surface area contributed by atoms with Gasteiger partial charge in [-0.25, -0.2) is 4.79 Å². The second-order valence-electron chi connectivity index (χ2n) is 8.07. The molecular weight excluding hydrogens is 386 g/mol. The zero-order valence-corrected chi connectivity index (χ0v) is 18.6. The molecule has 3 N–H and O–H groups in total. The number of unbranched alkanes of at least 4 members (excludes halogenated alkanes) is 10. The number of hydrogen-bond donors (Lipinski definition) is 3. The van der Waals surface area contributed by atoms with Gasteiger partial charge in [0.25, 0.3) is 0 Å². The number of rotatable bonds is 21. The van der Waals surface area contributed by atoms with Gasteiger partial charge in [-0.3, -0.25) is 14.4 Å². The van der Waals surface area contributed by atoms with Crippen molar-refractivity contribution in [2.45, 2.75) is 122 Å². The zero-order valence-electron chi connectivity index (χ0n) is 18.6. The van der Waals surface area contributed by atoms with Crippen LogP contribution in [-0.2, 0) is 19.2 Å². The van der Waals surface area contributed by atoms with Crippen molar-refractivity contribution in [3.63, 3.8) is 0 Å². The fourth-order valence-electron chi connectivity index (χ4n) is 3.30. The van der Waals surface area contributed by atoms with Crippen LogP contribution < -0.4 is 5.32 Å². The first-order valence-corrected chi connectivity index (χ1v) is 11.6. The van der Waals surface area contributed by atoms with E-state index in [4.69, 9.17) is 5.11 Å². The molecule has 0 rings (SSSR count). The molecule has 0 saturated carbocycles. The van der Waals surface area contributed by atoms with Crippen LogP contribution >= 0.6 is 0 Å². The highest BCUT2D eigenvalue weighted by Crippen LogP contribution is 2.12. The highest BCUT2D eigenvalue weighted by atomic mass is 16.4. The molecule has 7 heteroatoms. The number of aliphatic carboxylic acids is 2. The van der Waals surface area contributed by atoms with E-state index < -0.39 is 18.0 Å². The van der Waals surface area contributed by atoms with E-state index in [-0.39, 0.29) is 31.0 Å². The van der Waals surface area contributed by atoms with Gasteiger partial charge >= 0.3 is 11.9 Å². The van der Waals surface area contributed by atoms with Gasteiger partial charge in [-0.15, -0.1) is 0 Å². The highest BCUT2D eigenvalue weighted by molar-refractivity contribution is 5.84. The molecule has 0 fully saturated rings. The first kappa shape index (κ1) is 28.1. The Hall–Kier alpha value is -1.92. The summed E-state index contributed by atoms with van der Waals surface area (Å²) in [5, 5.41) is 20.4. The van der Waals surface area contributed by atoms with Gasteiger partial charge in [0.1, 0.15) is 11.8 Å². The van der Waals surface area contributed by atoms with E-state index in [1.54, 1.807) is 0 Å². The maximum Gasteiger partial charge on any atom is 0.326 e. The van der Waals surface area contributed by atoms with Crippen molar-refractivity contribution in [3.8, 4) is 0 Å². The monoisotopic (exact) mass is 427 g/mol. The Bertz CT molecular complexity index is 506. The Balaban J connectivity index is 3.68. The summed E-state index contributed by atoms with van der Waals surface area (Å²) in [5.41, 5.74) is 0. The van der Waals surface area contributed by atoms with Gasteiger partial charge in [-0.1, -0.05) is 64.7 Å². The van der Waals surface area contributed by atoms with Crippen LogP contribution in [0.3, 0.4) is 0 Å². The standard InChI is InChI=1S/C23H41NO6/c1-2-3-14-19(25)17-18-20(23(29)30)24-21(26)15-12-10-8-6-4-5-7-9-11-13-16-22(27)28/h20H,2-18H2,1H3,(H,24,26)(H,27,28)(H,29,30)/t20-/m0/s1. The quantitative estimate of drug-likeness (QED) is 0.225. The van der Waals surface area contributed by atoms with E-state index in [1.807, 2.05) is 6.92 Å². The SMILES string of the molecule is CCCCC(=O)CC[C@H](NC(=O)CCCCCCCCCCCCC(=O)O)C(=O)O. The van der Waals surface area contributed by atoms with Gasteiger partial charge in [-0.05, 0) is 25.7 Å². The molecular formula is C23H41NO6. The molecule has 0 aliphatic heterocycles. The molecule has 7 nitrogen and oxygen atoms in total. The van der Waals surface area contributed by atoms with Gasteiger partial charge in [0.05, 0.1) is 0 Å². The van der Waals surface area contributed by atoms with Crippen molar-refractivity contribution in [1.82, 2.24) is 5.32 Å². The molecule has 0 heterocycles. The lowest BCUT2D eigenvalue weighted by Gasteiger charge is -2.14. The first-order chi connectivity index (χ1) is 14.4. The summed E-state index contributed by atoms with van der Waals surface area (Å²) in [7, 11) is 0. The first-order valence-electron chi connectivity index (χ1n) is 11.6. The predicted octanol–water partition coefficient (Wildman–Crippen LogP) is 4.86. The molecule has 0 radical (unpaired) electrons. The van der Waals surface area contributed by atoms with Crippen LogP contribution in [0.4, 0.5) is 0 Å². The van der Waals surface area contributed by atoms with Crippen molar-refractivity contribution >= 4 is 23.6 Å². The van der Waals surface area contributed by atoms with E-state index in [2.05, 4.69) is 5.32 Å². The van der Waals surface area contributed by atoms with Gasteiger partial charge < -0.3 is 15.5 Å². The number of carboxylic acids is 2. The molecule has 0 spiro atoms. The molecule has 0 aromatic heterocycles. The minimum absolute atomic E-state index is 0.0533. The summed E-state index contributed by atoms with van der Waals surface area (Å²) in [4.78, 5) is 45.4. The lowest BCUT2D eigenvalue weighted by atomic mass is 10.0. The van der Waals surface area contributed by atoms with E-state index >= 15 is 0 Å². The summed E-state index contributed by atoms with van der Waals surface area (Å²) in [6.07, 6.45) is 13.3. The summed E-state index contributed by atoms with van der Waals surface area (Å²) in [6, 6.07) is -0.987. The van der Waals surface area contributed by atoms with Crippen molar-refractivity contribution in [2.75, 3.05) is 0 Å². The van der Waals surface area contributed by atoms with Crippen LogP contribution in [0.5, 0.6) is 0 Å². The maximum atomic E-state index is 12.0. The molecule has 0 aliphatic carbocycles. The lowest BCUT2D eigenvalue weighted by molar-refractivity contribution is -0.142. The molecule has 0 aromatic carbocycles. The average molecular weight is 428 g/mol. The predicted molar refractivity (Wildman–Crippen MR) is 116 cm³/mol. The third kappa shape index (κ3) is 18.1. The summed E-state index contributed by atoms with van der Waals surface area (Å²) >= 11 is 0. The van der Waals surface area contributed by atoms with Gasteiger partial charge in [0.2, 0.25) is 5.91 Å². The normalized spacial score (nSPS) is 11.8. The average Bonchev–Trinajstić information content (AvgIpc) is 2.69. The third-order valence-electron chi connectivity index (χ3n) is 5.20. The van der Waals surface area contributed by atoms with E-state index in [0.29, 0.717) is 12.8 Å². The maximum absolute atomic E-state index is 12.0. The van der Waals surface area contributed by atoms with E-state index in [1.165, 1.54) is 0 Å². The number of nitrogens with one attached hydrogen (secondary N) is 1. The number of ketones is 1. The fraction of sp³-hybridized carbons (Fsp3) is 0.826. The largest absolute Gasteiger partial charge is 0.481 e. The summed E-state index contributed by atoms with van der Waals surface area (Å²) in [5.74, 6) is -2.02. The summed E-state index contributed by atoms with van der Waals surface area (Å²) < 4.78 is 0. The Labute approximate surface area is 181 Å².